The lowest BCUT2D eigenvalue weighted by Crippen LogP contribution is -2.33. The van der Waals surface area contributed by atoms with Crippen LogP contribution in [0.2, 0.25) is 0 Å². The Balaban J connectivity index is 1.81. The lowest BCUT2D eigenvalue weighted by Gasteiger charge is -2.23. The van der Waals surface area contributed by atoms with E-state index >= 15 is 0 Å². The fraction of sp³-hybridized carbons (Fsp3) is 0.533. The third-order valence-electron chi connectivity index (χ3n) is 4.23. The van der Waals surface area contributed by atoms with Crippen LogP contribution >= 0.6 is 0 Å². The molecular weight excluding hydrogens is 210 g/mol. The maximum absolute atomic E-state index is 12.0. The van der Waals surface area contributed by atoms with E-state index in [9.17, 15) is 4.79 Å². The monoisotopic (exact) mass is 229 g/mol. The van der Waals surface area contributed by atoms with Crippen LogP contribution < -0.4 is 0 Å². The molecule has 90 valence electrons. The van der Waals surface area contributed by atoms with Gasteiger partial charge >= 0.3 is 0 Å². The summed E-state index contributed by atoms with van der Waals surface area (Å²) < 4.78 is 0. The van der Waals surface area contributed by atoms with Crippen LogP contribution in [0.5, 0.6) is 0 Å². The van der Waals surface area contributed by atoms with Gasteiger partial charge in [-0.1, -0.05) is 30.3 Å². The van der Waals surface area contributed by atoms with E-state index in [0.29, 0.717) is 17.9 Å². The Bertz CT molecular complexity index is 401. The normalized spacial score (nSPS) is 28.9. The topological polar surface area (TPSA) is 20.3 Å². The molecule has 0 radical (unpaired) electrons. The van der Waals surface area contributed by atoms with Crippen molar-refractivity contribution in [3.8, 4) is 0 Å². The van der Waals surface area contributed by atoms with Crippen LogP contribution in [0.15, 0.2) is 30.3 Å². The molecule has 2 heterocycles. The maximum atomic E-state index is 12.0. The zero-order chi connectivity index (χ0) is 11.7. The van der Waals surface area contributed by atoms with Crippen molar-refractivity contribution < 1.29 is 4.79 Å². The predicted octanol–water partition coefficient (Wildman–Crippen LogP) is 2.95. The van der Waals surface area contributed by atoms with Gasteiger partial charge < -0.3 is 4.90 Å². The van der Waals surface area contributed by atoms with Gasteiger partial charge in [0.25, 0.3) is 0 Å². The SMILES string of the molecule is O=C1CC[C@H](c2ccccc2)C[C@H]2CCCN12. The molecule has 0 N–H and O–H groups in total. The molecule has 0 bridgehead atoms. The van der Waals surface area contributed by atoms with Gasteiger partial charge in [0.05, 0.1) is 0 Å². The van der Waals surface area contributed by atoms with Gasteiger partial charge in [0.1, 0.15) is 0 Å². The predicted molar refractivity (Wildman–Crippen MR) is 67.8 cm³/mol. The van der Waals surface area contributed by atoms with Crippen molar-refractivity contribution in [2.24, 2.45) is 0 Å². The second kappa shape index (κ2) is 4.52. The second-order valence-corrected chi connectivity index (χ2v) is 5.27. The highest BCUT2D eigenvalue weighted by Gasteiger charge is 2.34. The number of benzene rings is 1. The molecule has 0 saturated carbocycles. The molecule has 2 aliphatic heterocycles. The number of amides is 1. The summed E-state index contributed by atoms with van der Waals surface area (Å²) >= 11 is 0. The van der Waals surface area contributed by atoms with Crippen LogP contribution in [-0.4, -0.2) is 23.4 Å². The Morgan fingerprint density at radius 3 is 2.76 bits per heavy atom. The summed E-state index contributed by atoms with van der Waals surface area (Å²) in [6.45, 7) is 0.991. The molecule has 2 nitrogen and oxygen atoms in total. The van der Waals surface area contributed by atoms with Crippen LogP contribution in [0.3, 0.4) is 0 Å². The Kier molecular flexibility index (Phi) is 2.87. The maximum Gasteiger partial charge on any atom is 0.222 e. The molecule has 1 aromatic carbocycles. The molecule has 3 rings (SSSR count). The largest absolute Gasteiger partial charge is 0.340 e. The molecule has 2 heteroatoms. The van der Waals surface area contributed by atoms with E-state index in [0.717, 1.165) is 25.8 Å². The van der Waals surface area contributed by atoms with Gasteiger partial charge in [-0.3, -0.25) is 4.79 Å². The van der Waals surface area contributed by atoms with Gasteiger partial charge in [0.15, 0.2) is 0 Å². The van der Waals surface area contributed by atoms with Gasteiger partial charge in [-0.05, 0) is 37.2 Å². The first-order valence-electron chi connectivity index (χ1n) is 6.69. The average Bonchev–Trinajstić information content (AvgIpc) is 2.77. The van der Waals surface area contributed by atoms with Crippen molar-refractivity contribution in [2.45, 2.75) is 44.1 Å². The summed E-state index contributed by atoms with van der Waals surface area (Å²) in [6.07, 6.45) is 5.31. The van der Waals surface area contributed by atoms with Gasteiger partial charge in [0, 0.05) is 19.0 Å². The van der Waals surface area contributed by atoms with E-state index in [1.54, 1.807) is 0 Å². The van der Waals surface area contributed by atoms with Crippen LogP contribution in [0.4, 0.5) is 0 Å². The minimum absolute atomic E-state index is 0.380. The van der Waals surface area contributed by atoms with Crippen LogP contribution in [0.1, 0.15) is 43.6 Å². The average molecular weight is 229 g/mol. The second-order valence-electron chi connectivity index (χ2n) is 5.27. The van der Waals surface area contributed by atoms with E-state index in [2.05, 4.69) is 35.2 Å². The van der Waals surface area contributed by atoms with Crippen molar-refractivity contribution in [1.29, 1.82) is 0 Å². The molecule has 1 aromatic rings. The van der Waals surface area contributed by atoms with Crippen molar-refractivity contribution in [2.75, 3.05) is 6.54 Å². The Labute approximate surface area is 103 Å². The Morgan fingerprint density at radius 2 is 1.94 bits per heavy atom. The highest BCUT2D eigenvalue weighted by atomic mass is 16.2. The first-order chi connectivity index (χ1) is 8.34. The molecule has 2 atom stereocenters. The third kappa shape index (κ3) is 2.08. The number of fused-ring (bicyclic) bond motifs is 1. The molecule has 0 spiro atoms. The highest BCUT2D eigenvalue weighted by Crippen LogP contribution is 2.35. The van der Waals surface area contributed by atoms with Crippen molar-refractivity contribution in [3.63, 3.8) is 0 Å². The molecule has 0 aliphatic carbocycles. The van der Waals surface area contributed by atoms with E-state index in [1.165, 1.54) is 18.4 Å². The molecule has 0 unspecified atom stereocenters. The smallest absolute Gasteiger partial charge is 0.222 e. The molecular formula is C15H19NO. The summed E-state index contributed by atoms with van der Waals surface area (Å²) in [5.74, 6) is 0.958. The third-order valence-corrected chi connectivity index (χ3v) is 4.23. The first-order valence-corrected chi connectivity index (χ1v) is 6.69. The van der Waals surface area contributed by atoms with Crippen LogP contribution in [-0.2, 0) is 4.79 Å². The van der Waals surface area contributed by atoms with Crippen molar-refractivity contribution in [1.82, 2.24) is 4.90 Å². The fourth-order valence-corrected chi connectivity index (χ4v) is 3.32. The van der Waals surface area contributed by atoms with Gasteiger partial charge in [-0.15, -0.1) is 0 Å². The molecule has 17 heavy (non-hydrogen) atoms. The molecule has 2 fully saturated rings. The number of carbonyl (C=O) groups is 1. The Morgan fingerprint density at radius 1 is 1.12 bits per heavy atom. The number of carbonyl (C=O) groups excluding carboxylic acids is 1. The zero-order valence-corrected chi connectivity index (χ0v) is 10.1. The summed E-state index contributed by atoms with van der Waals surface area (Å²) in [7, 11) is 0. The standard InChI is InChI=1S/C15H19NO/c17-15-9-8-13(12-5-2-1-3-6-12)11-14-7-4-10-16(14)15/h1-3,5-6,13-14H,4,7-11H2/t13-,14+/m0/s1. The van der Waals surface area contributed by atoms with Crippen molar-refractivity contribution >= 4 is 5.91 Å². The lowest BCUT2D eigenvalue weighted by atomic mass is 9.89. The minimum Gasteiger partial charge on any atom is -0.340 e. The van der Waals surface area contributed by atoms with Gasteiger partial charge in [0.2, 0.25) is 5.91 Å². The fourth-order valence-electron chi connectivity index (χ4n) is 3.32. The quantitative estimate of drug-likeness (QED) is 0.725. The van der Waals surface area contributed by atoms with Gasteiger partial charge in [-0.2, -0.15) is 0 Å². The molecule has 0 aromatic heterocycles. The molecule has 1 amide bonds. The molecule has 2 saturated heterocycles. The zero-order valence-electron chi connectivity index (χ0n) is 10.1. The number of nitrogens with zero attached hydrogens (tertiary/aromatic N) is 1. The number of rotatable bonds is 1. The summed E-state index contributed by atoms with van der Waals surface area (Å²) in [5.41, 5.74) is 1.41. The van der Waals surface area contributed by atoms with Crippen molar-refractivity contribution in [3.05, 3.63) is 35.9 Å². The summed E-state index contributed by atoms with van der Waals surface area (Å²) in [6, 6.07) is 11.2. The summed E-state index contributed by atoms with van der Waals surface area (Å²) in [4.78, 5) is 14.1. The summed E-state index contributed by atoms with van der Waals surface area (Å²) in [5, 5.41) is 0. The lowest BCUT2D eigenvalue weighted by molar-refractivity contribution is -0.131. The number of hydrogen-bond donors (Lipinski definition) is 0. The first kappa shape index (κ1) is 10.8. The van der Waals surface area contributed by atoms with E-state index in [4.69, 9.17) is 0 Å². The van der Waals surface area contributed by atoms with Crippen LogP contribution in [0, 0.1) is 0 Å². The Hall–Kier alpha value is -1.31. The molecule has 2 aliphatic rings. The van der Waals surface area contributed by atoms with E-state index in [-0.39, 0.29) is 0 Å². The van der Waals surface area contributed by atoms with E-state index in [1.807, 2.05) is 0 Å². The minimum atomic E-state index is 0.380. The van der Waals surface area contributed by atoms with Gasteiger partial charge in [-0.25, -0.2) is 0 Å². The highest BCUT2D eigenvalue weighted by molar-refractivity contribution is 5.77. The van der Waals surface area contributed by atoms with E-state index < -0.39 is 0 Å². The number of hydrogen-bond acceptors (Lipinski definition) is 1. The van der Waals surface area contributed by atoms with Crippen LogP contribution in [0.25, 0.3) is 0 Å².